The first-order chi connectivity index (χ1) is 11.3. The number of para-hydroxylation sites is 1. The number of carbonyl (C=O) groups excluding carboxylic acids is 1. The molecule has 1 aromatic heterocycles. The van der Waals surface area contributed by atoms with Crippen LogP contribution >= 0.6 is 0 Å². The van der Waals surface area contributed by atoms with E-state index in [0.717, 1.165) is 38.2 Å². The van der Waals surface area contributed by atoms with Crippen LogP contribution in [0.1, 0.15) is 10.4 Å². The topological polar surface area (TPSA) is 66.2 Å². The van der Waals surface area contributed by atoms with Gasteiger partial charge in [-0.05, 0) is 6.07 Å². The zero-order valence-electron chi connectivity index (χ0n) is 13.1. The zero-order valence-corrected chi connectivity index (χ0v) is 13.1. The van der Waals surface area contributed by atoms with Crippen LogP contribution in [0.25, 0.3) is 11.0 Å². The number of nitrogens with zero attached hydrogens (tertiary/aromatic N) is 2. The van der Waals surface area contributed by atoms with E-state index in [4.69, 9.17) is 9.15 Å². The lowest BCUT2D eigenvalue weighted by atomic mass is 10.1. The van der Waals surface area contributed by atoms with Crippen molar-refractivity contribution in [2.75, 3.05) is 52.5 Å². The summed E-state index contributed by atoms with van der Waals surface area (Å²) in [7, 11) is 0. The van der Waals surface area contributed by atoms with Gasteiger partial charge in [0.25, 0.3) is 5.91 Å². The number of rotatable bonds is 6. The molecule has 1 aromatic carbocycles. The van der Waals surface area contributed by atoms with Crippen molar-refractivity contribution < 1.29 is 19.1 Å². The highest BCUT2D eigenvalue weighted by Gasteiger charge is 2.21. The molecule has 2 heterocycles. The van der Waals surface area contributed by atoms with Gasteiger partial charge in [0.1, 0.15) is 11.8 Å². The van der Waals surface area contributed by atoms with Crippen LogP contribution in [0.4, 0.5) is 0 Å². The third-order valence-electron chi connectivity index (χ3n) is 4.16. The number of amides is 1. The molecule has 1 amide bonds. The Balaban J connectivity index is 1.70. The summed E-state index contributed by atoms with van der Waals surface area (Å²) < 4.78 is 10.8. The van der Waals surface area contributed by atoms with Crippen LogP contribution in [-0.4, -0.2) is 73.4 Å². The second-order valence-corrected chi connectivity index (χ2v) is 5.62. The van der Waals surface area contributed by atoms with Gasteiger partial charge in [-0.25, -0.2) is 0 Å². The monoisotopic (exact) mass is 318 g/mol. The number of carbonyl (C=O) groups is 1. The molecule has 3 rings (SSSR count). The molecule has 6 nitrogen and oxygen atoms in total. The van der Waals surface area contributed by atoms with Crippen LogP contribution in [0.3, 0.4) is 0 Å². The molecule has 1 fully saturated rings. The second kappa shape index (κ2) is 7.59. The smallest absolute Gasteiger partial charge is 0.257 e. The van der Waals surface area contributed by atoms with E-state index in [-0.39, 0.29) is 12.5 Å². The van der Waals surface area contributed by atoms with Gasteiger partial charge < -0.3 is 19.2 Å². The number of furan rings is 1. The van der Waals surface area contributed by atoms with Crippen molar-refractivity contribution in [1.29, 1.82) is 0 Å². The van der Waals surface area contributed by atoms with Gasteiger partial charge in [-0.15, -0.1) is 0 Å². The Hall–Kier alpha value is -1.89. The lowest BCUT2D eigenvalue weighted by Crippen LogP contribution is -2.43. The van der Waals surface area contributed by atoms with Crippen LogP contribution in [0.15, 0.2) is 34.9 Å². The molecule has 0 atom stereocenters. The molecule has 0 saturated carbocycles. The van der Waals surface area contributed by atoms with Crippen LogP contribution in [0.5, 0.6) is 0 Å². The van der Waals surface area contributed by atoms with Gasteiger partial charge in [-0.3, -0.25) is 9.69 Å². The van der Waals surface area contributed by atoms with Crippen molar-refractivity contribution in [3.8, 4) is 0 Å². The molecule has 23 heavy (non-hydrogen) atoms. The van der Waals surface area contributed by atoms with Gasteiger partial charge in [0.2, 0.25) is 0 Å². The molecule has 0 radical (unpaired) electrons. The molecule has 0 unspecified atom stereocenters. The molecule has 1 aliphatic heterocycles. The van der Waals surface area contributed by atoms with Crippen molar-refractivity contribution in [3.05, 3.63) is 36.1 Å². The fourth-order valence-electron chi connectivity index (χ4n) is 2.84. The molecule has 0 aliphatic carbocycles. The number of morpholine rings is 1. The quantitative estimate of drug-likeness (QED) is 0.867. The van der Waals surface area contributed by atoms with Crippen molar-refractivity contribution in [1.82, 2.24) is 9.80 Å². The highest BCUT2D eigenvalue weighted by atomic mass is 16.5. The molecule has 1 aliphatic rings. The number of benzene rings is 1. The minimum atomic E-state index is -0.0998. The number of ether oxygens (including phenoxy) is 1. The van der Waals surface area contributed by atoms with Crippen molar-refractivity contribution in [3.63, 3.8) is 0 Å². The Morgan fingerprint density at radius 2 is 2.00 bits per heavy atom. The maximum Gasteiger partial charge on any atom is 0.257 e. The van der Waals surface area contributed by atoms with Crippen LogP contribution in [0, 0.1) is 0 Å². The van der Waals surface area contributed by atoms with E-state index in [9.17, 15) is 9.90 Å². The Kier molecular flexibility index (Phi) is 5.27. The minimum Gasteiger partial charge on any atom is -0.463 e. The summed E-state index contributed by atoms with van der Waals surface area (Å²) >= 11 is 0. The maximum atomic E-state index is 12.8. The van der Waals surface area contributed by atoms with Crippen LogP contribution < -0.4 is 0 Å². The van der Waals surface area contributed by atoms with E-state index >= 15 is 0 Å². The predicted octanol–water partition coefficient (Wildman–Crippen LogP) is 1.20. The Morgan fingerprint density at radius 1 is 1.22 bits per heavy atom. The van der Waals surface area contributed by atoms with Crippen molar-refractivity contribution >= 4 is 16.9 Å². The molecular weight excluding hydrogens is 296 g/mol. The van der Waals surface area contributed by atoms with Gasteiger partial charge in [-0.2, -0.15) is 0 Å². The summed E-state index contributed by atoms with van der Waals surface area (Å²) in [4.78, 5) is 16.8. The van der Waals surface area contributed by atoms with E-state index in [1.165, 1.54) is 6.26 Å². The predicted molar refractivity (Wildman–Crippen MR) is 86.5 cm³/mol. The Labute approximate surface area is 135 Å². The summed E-state index contributed by atoms with van der Waals surface area (Å²) in [5.41, 5.74) is 1.25. The summed E-state index contributed by atoms with van der Waals surface area (Å²) in [5.74, 6) is -0.0998. The average molecular weight is 318 g/mol. The Morgan fingerprint density at radius 3 is 2.78 bits per heavy atom. The van der Waals surface area contributed by atoms with Crippen molar-refractivity contribution in [2.45, 2.75) is 0 Å². The molecule has 6 heteroatoms. The first-order valence-electron chi connectivity index (χ1n) is 7.96. The van der Waals surface area contributed by atoms with Gasteiger partial charge in [0.15, 0.2) is 0 Å². The highest BCUT2D eigenvalue weighted by Crippen LogP contribution is 2.22. The van der Waals surface area contributed by atoms with Crippen molar-refractivity contribution in [2.24, 2.45) is 0 Å². The first-order valence-corrected chi connectivity index (χ1v) is 7.96. The molecule has 0 spiro atoms. The van der Waals surface area contributed by atoms with Gasteiger partial charge >= 0.3 is 0 Å². The number of aliphatic hydroxyl groups excluding tert-OH is 1. The number of hydrogen-bond acceptors (Lipinski definition) is 5. The third-order valence-corrected chi connectivity index (χ3v) is 4.16. The summed E-state index contributed by atoms with van der Waals surface area (Å²) in [5, 5.41) is 10.1. The summed E-state index contributed by atoms with van der Waals surface area (Å²) in [6.07, 6.45) is 1.51. The van der Waals surface area contributed by atoms with Gasteiger partial charge in [0.05, 0.1) is 25.4 Å². The standard InChI is InChI=1S/C17H22N2O4/c20-10-7-19(6-5-18-8-11-22-12-9-18)17(21)15-13-23-16-4-2-1-3-14(15)16/h1-4,13,20H,5-12H2. The number of aliphatic hydroxyl groups is 1. The number of fused-ring (bicyclic) bond motifs is 1. The fraction of sp³-hybridized carbons (Fsp3) is 0.471. The van der Waals surface area contributed by atoms with E-state index in [2.05, 4.69) is 4.90 Å². The number of hydrogen-bond donors (Lipinski definition) is 1. The van der Waals surface area contributed by atoms with Crippen LogP contribution in [-0.2, 0) is 4.74 Å². The summed E-state index contributed by atoms with van der Waals surface area (Å²) in [6.45, 7) is 4.88. The van der Waals surface area contributed by atoms with Crippen LogP contribution in [0.2, 0.25) is 0 Å². The highest BCUT2D eigenvalue weighted by molar-refractivity contribution is 6.05. The first kappa shape index (κ1) is 16.0. The fourth-order valence-corrected chi connectivity index (χ4v) is 2.84. The zero-order chi connectivity index (χ0) is 16.1. The van der Waals surface area contributed by atoms with Gasteiger partial charge in [-0.1, -0.05) is 18.2 Å². The SMILES string of the molecule is O=C(c1coc2ccccc12)N(CCO)CCN1CCOCC1. The molecule has 1 N–H and O–H groups in total. The summed E-state index contributed by atoms with van der Waals surface area (Å²) in [6, 6.07) is 7.49. The normalized spacial score (nSPS) is 15.9. The lowest BCUT2D eigenvalue weighted by Gasteiger charge is -2.29. The van der Waals surface area contributed by atoms with E-state index in [1.54, 1.807) is 4.90 Å². The van der Waals surface area contributed by atoms with Gasteiger partial charge in [0, 0.05) is 38.1 Å². The van der Waals surface area contributed by atoms with E-state index in [1.807, 2.05) is 24.3 Å². The molecule has 1 saturated heterocycles. The Bertz CT molecular complexity index is 649. The molecule has 0 bridgehead atoms. The lowest BCUT2D eigenvalue weighted by molar-refractivity contribution is 0.0315. The van der Waals surface area contributed by atoms with E-state index in [0.29, 0.717) is 24.2 Å². The molecule has 2 aromatic rings. The molecule has 124 valence electrons. The third kappa shape index (κ3) is 3.72. The van der Waals surface area contributed by atoms with E-state index < -0.39 is 0 Å². The second-order valence-electron chi connectivity index (χ2n) is 5.62. The molecular formula is C17H22N2O4. The average Bonchev–Trinajstić information content (AvgIpc) is 3.03. The minimum absolute atomic E-state index is 0.0510. The maximum absolute atomic E-state index is 12.8. The largest absolute Gasteiger partial charge is 0.463 e.